The third kappa shape index (κ3) is 3.01. The second-order valence-corrected chi connectivity index (χ2v) is 5.54. The summed E-state index contributed by atoms with van der Waals surface area (Å²) in [5, 5.41) is 10.1. The van der Waals surface area contributed by atoms with Gasteiger partial charge >= 0.3 is 5.97 Å². The number of nitrogens with zero attached hydrogens (tertiary/aromatic N) is 1. The first kappa shape index (κ1) is 15.4. The average molecular weight is 351 g/mol. The number of carboxylic acid groups (broad SMARTS) is 1. The Kier molecular flexibility index (Phi) is 4.76. The molecule has 2 aromatic rings. The van der Waals surface area contributed by atoms with Gasteiger partial charge in [0.2, 0.25) is 0 Å². The molecule has 7 heteroatoms. The molecule has 0 spiro atoms. The van der Waals surface area contributed by atoms with Crippen molar-refractivity contribution >= 4 is 52.4 Å². The number of pyridine rings is 1. The molecule has 104 valence electrons. The van der Waals surface area contributed by atoms with Gasteiger partial charge in [-0.25, -0.2) is 0 Å². The Bertz CT molecular complexity index is 688. The topological polar surface area (TPSA) is 50.2 Å². The lowest BCUT2D eigenvalue weighted by Gasteiger charge is -2.13. The molecule has 0 aliphatic carbocycles. The maximum atomic E-state index is 11.0. The molecule has 0 saturated carbocycles. The summed E-state index contributed by atoms with van der Waals surface area (Å²) in [6, 6.07) is 3.14. The van der Waals surface area contributed by atoms with Crippen LogP contribution in [0.4, 0.5) is 0 Å². The smallest absolute Gasteiger partial charge is 0.307 e. The summed E-state index contributed by atoms with van der Waals surface area (Å²) in [5.74, 6) is -1.02. The van der Waals surface area contributed by atoms with Crippen LogP contribution in [0.25, 0.3) is 11.1 Å². The summed E-state index contributed by atoms with van der Waals surface area (Å²) in [7, 11) is 0. The third-order valence-electron chi connectivity index (χ3n) is 2.65. The van der Waals surface area contributed by atoms with E-state index in [4.69, 9.17) is 51.5 Å². The van der Waals surface area contributed by atoms with Gasteiger partial charge in [-0.3, -0.25) is 9.78 Å². The van der Waals surface area contributed by atoms with Crippen LogP contribution in [0.1, 0.15) is 5.56 Å². The number of hydrogen-bond donors (Lipinski definition) is 1. The minimum atomic E-state index is -1.02. The molecule has 1 heterocycles. The molecule has 1 N–H and O–H groups in total. The first-order valence-corrected chi connectivity index (χ1v) is 6.91. The Morgan fingerprint density at radius 1 is 1.05 bits per heavy atom. The van der Waals surface area contributed by atoms with Crippen molar-refractivity contribution in [3.05, 3.63) is 50.2 Å². The van der Waals surface area contributed by atoms with Crippen molar-refractivity contribution in [3.63, 3.8) is 0 Å². The maximum Gasteiger partial charge on any atom is 0.307 e. The Hall–Kier alpha value is -1.000. The fourth-order valence-corrected chi connectivity index (χ4v) is 2.74. The second-order valence-electron chi connectivity index (χ2n) is 3.94. The van der Waals surface area contributed by atoms with Gasteiger partial charge in [0.15, 0.2) is 0 Å². The van der Waals surface area contributed by atoms with Gasteiger partial charge in [0.05, 0.1) is 26.5 Å². The standard InChI is InChI=1S/C13H7Cl4NO2/c14-8-1-2-9(15)13(17)12(8)7-4-18-5-10(16)6(7)3-11(19)20/h1-2,4-5H,3H2,(H,19,20). The van der Waals surface area contributed by atoms with Crippen LogP contribution < -0.4 is 0 Å². The van der Waals surface area contributed by atoms with E-state index in [0.717, 1.165) is 0 Å². The van der Waals surface area contributed by atoms with Crippen LogP contribution in [-0.4, -0.2) is 16.1 Å². The summed E-state index contributed by atoms with van der Waals surface area (Å²) >= 11 is 24.3. The number of benzene rings is 1. The number of carboxylic acids is 1. The van der Waals surface area contributed by atoms with Crippen molar-refractivity contribution in [1.82, 2.24) is 4.98 Å². The van der Waals surface area contributed by atoms with Crippen molar-refractivity contribution in [2.45, 2.75) is 6.42 Å². The minimum Gasteiger partial charge on any atom is -0.481 e. The molecule has 0 bridgehead atoms. The van der Waals surface area contributed by atoms with E-state index in [-0.39, 0.29) is 16.5 Å². The summed E-state index contributed by atoms with van der Waals surface area (Å²) in [6.07, 6.45) is 2.57. The third-order valence-corrected chi connectivity index (χ3v) is 4.09. The van der Waals surface area contributed by atoms with E-state index in [9.17, 15) is 4.79 Å². The predicted octanol–water partition coefficient (Wildman–Crippen LogP) is 4.99. The molecular weight excluding hydrogens is 344 g/mol. The van der Waals surface area contributed by atoms with Crippen molar-refractivity contribution in [1.29, 1.82) is 0 Å². The molecule has 0 unspecified atom stereocenters. The number of rotatable bonds is 3. The largest absolute Gasteiger partial charge is 0.481 e. The van der Waals surface area contributed by atoms with E-state index in [1.54, 1.807) is 12.1 Å². The van der Waals surface area contributed by atoms with Crippen molar-refractivity contribution in [2.75, 3.05) is 0 Å². The van der Waals surface area contributed by atoms with Gasteiger partial charge in [0.1, 0.15) is 0 Å². The fraction of sp³-hybridized carbons (Fsp3) is 0.0769. The summed E-state index contributed by atoms with van der Waals surface area (Å²) < 4.78 is 0. The molecule has 0 saturated heterocycles. The Balaban J connectivity index is 2.73. The monoisotopic (exact) mass is 349 g/mol. The van der Waals surface area contributed by atoms with Crippen molar-refractivity contribution in [3.8, 4) is 11.1 Å². The summed E-state index contributed by atoms with van der Waals surface area (Å²) in [4.78, 5) is 14.9. The van der Waals surface area contributed by atoms with Crippen LogP contribution in [0.15, 0.2) is 24.5 Å². The molecule has 0 amide bonds. The van der Waals surface area contributed by atoms with Crippen LogP contribution in [0.5, 0.6) is 0 Å². The lowest BCUT2D eigenvalue weighted by Crippen LogP contribution is -2.03. The first-order chi connectivity index (χ1) is 9.41. The number of carbonyl (C=O) groups is 1. The molecule has 3 nitrogen and oxygen atoms in total. The molecule has 0 aliphatic rings. The lowest BCUT2D eigenvalue weighted by molar-refractivity contribution is -0.136. The molecule has 0 fully saturated rings. The van der Waals surface area contributed by atoms with Crippen LogP contribution in [0.3, 0.4) is 0 Å². The first-order valence-electron chi connectivity index (χ1n) is 5.40. The average Bonchev–Trinajstić information content (AvgIpc) is 2.38. The Morgan fingerprint density at radius 2 is 1.70 bits per heavy atom. The quantitative estimate of drug-likeness (QED) is 0.793. The highest BCUT2D eigenvalue weighted by Gasteiger charge is 2.19. The molecule has 0 aliphatic heterocycles. The lowest BCUT2D eigenvalue weighted by atomic mass is 9.99. The number of hydrogen-bond acceptors (Lipinski definition) is 2. The van der Waals surface area contributed by atoms with Gasteiger partial charge in [-0.15, -0.1) is 0 Å². The normalized spacial score (nSPS) is 10.6. The molecule has 0 radical (unpaired) electrons. The van der Waals surface area contributed by atoms with Crippen LogP contribution >= 0.6 is 46.4 Å². The van der Waals surface area contributed by atoms with Gasteiger partial charge in [0, 0.05) is 23.5 Å². The maximum absolute atomic E-state index is 11.0. The van der Waals surface area contributed by atoms with Gasteiger partial charge in [-0.1, -0.05) is 46.4 Å². The highest BCUT2D eigenvalue weighted by Crippen LogP contribution is 2.41. The Labute approximate surface area is 135 Å². The number of aromatic nitrogens is 1. The summed E-state index contributed by atoms with van der Waals surface area (Å²) in [6.45, 7) is 0. The van der Waals surface area contributed by atoms with Crippen molar-refractivity contribution in [2.24, 2.45) is 0 Å². The molecule has 0 atom stereocenters. The van der Waals surface area contributed by atoms with E-state index in [1.807, 2.05) is 0 Å². The van der Waals surface area contributed by atoms with Gasteiger partial charge in [0.25, 0.3) is 0 Å². The van der Waals surface area contributed by atoms with E-state index in [2.05, 4.69) is 4.98 Å². The van der Waals surface area contributed by atoms with Gasteiger partial charge in [-0.05, 0) is 17.7 Å². The van der Waals surface area contributed by atoms with E-state index < -0.39 is 5.97 Å². The zero-order valence-electron chi connectivity index (χ0n) is 9.83. The van der Waals surface area contributed by atoms with Gasteiger partial charge in [-0.2, -0.15) is 0 Å². The number of halogens is 4. The van der Waals surface area contributed by atoms with Crippen LogP contribution in [0, 0.1) is 0 Å². The van der Waals surface area contributed by atoms with Crippen molar-refractivity contribution < 1.29 is 9.90 Å². The van der Waals surface area contributed by atoms with Crippen LogP contribution in [0.2, 0.25) is 20.1 Å². The molecule has 1 aromatic carbocycles. The fourth-order valence-electron chi connectivity index (χ4n) is 1.78. The molecule has 20 heavy (non-hydrogen) atoms. The molecular formula is C13H7Cl4NO2. The van der Waals surface area contributed by atoms with Gasteiger partial charge < -0.3 is 5.11 Å². The van der Waals surface area contributed by atoms with E-state index in [1.165, 1.54) is 12.4 Å². The zero-order valence-corrected chi connectivity index (χ0v) is 12.9. The Morgan fingerprint density at radius 3 is 2.35 bits per heavy atom. The SMILES string of the molecule is O=C(O)Cc1c(Cl)cncc1-c1c(Cl)ccc(Cl)c1Cl. The zero-order chi connectivity index (χ0) is 14.9. The minimum absolute atomic E-state index is 0.231. The second kappa shape index (κ2) is 6.19. The molecule has 2 rings (SSSR count). The van der Waals surface area contributed by atoms with Crippen LogP contribution in [-0.2, 0) is 11.2 Å². The molecule has 1 aromatic heterocycles. The van der Waals surface area contributed by atoms with E-state index in [0.29, 0.717) is 26.7 Å². The predicted molar refractivity (Wildman–Crippen MR) is 81.1 cm³/mol. The summed E-state index contributed by atoms with van der Waals surface area (Å²) in [5.41, 5.74) is 1.27. The highest BCUT2D eigenvalue weighted by molar-refractivity contribution is 6.46. The highest BCUT2D eigenvalue weighted by atomic mass is 35.5. The van der Waals surface area contributed by atoms with E-state index >= 15 is 0 Å². The number of aliphatic carboxylic acids is 1.